The van der Waals surface area contributed by atoms with Crippen molar-refractivity contribution in [2.75, 3.05) is 170 Å². The van der Waals surface area contributed by atoms with Gasteiger partial charge in [-0.15, -0.1) is 0 Å². The van der Waals surface area contributed by atoms with Gasteiger partial charge in [-0.2, -0.15) is 19.9 Å². The molecule has 8 amide bonds. The molecule has 7 fully saturated rings. The Hall–Kier alpha value is -14.1. The molecule has 0 saturated heterocycles. The van der Waals surface area contributed by atoms with E-state index in [9.17, 15) is 58.5 Å². The Kier molecular flexibility index (Phi) is 33.4. The van der Waals surface area contributed by atoms with Crippen LogP contribution in [0.3, 0.4) is 0 Å². The molecular weight excluding hydrogens is 1920 g/mol. The van der Waals surface area contributed by atoms with Crippen molar-refractivity contribution < 1.29 is 82.2 Å². The van der Waals surface area contributed by atoms with Gasteiger partial charge in [0.05, 0.1) is 135 Å². The summed E-state index contributed by atoms with van der Waals surface area (Å²) >= 11 is 0. The third kappa shape index (κ3) is 24.5. The van der Waals surface area contributed by atoms with Gasteiger partial charge in [0, 0.05) is 121 Å². The Morgan fingerprint density at radius 2 is 0.747 bits per heavy atom. The van der Waals surface area contributed by atoms with E-state index in [2.05, 4.69) is 82.1 Å². The van der Waals surface area contributed by atoms with Gasteiger partial charge < -0.3 is 121 Å². The van der Waals surface area contributed by atoms with Gasteiger partial charge >= 0.3 is 5.97 Å². The van der Waals surface area contributed by atoms with Crippen LogP contribution in [0.4, 0.5) is 92.6 Å². The monoisotopic (exact) mass is 2060 g/mol. The first kappa shape index (κ1) is 109. The van der Waals surface area contributed by atoms with E-state index in [-0.39, 0.29) is 89.9 Å². The number of rotatable bonds is 29. The van der Waals surface area contributed by atoms with E-state index < -0.39 is 28.6 Å². The van der Waals surface area contributed by atoms with Crippen LogP contribution in [-0.2, 0) is 28.7 Å². The zero-order chi connectivity index (χ0) is 107. The number of fused-ring (bicyclic) bond motifs is 4. The number of carbonyl (C=O) groups is 9. The van der Waals surface area contributed by atoms with Crippen molar-refractivity contribution in [3.8, 4) is 23.0 Å². The second-order valence-electron chi connectivity index (χ2n) is 43.4. The second kappa shape index (κ2) is 46.2. The van der Waals surface area contributed by atoms with Crippen LogP contribution < -0.4 is 101 Å². The fourth-order valence-electron chi connectivity index (χ4n) is 21.7. The maximum Gasteiger partial charge on any atom is 0.302 e. The molecule has 2 spiro atoms. The highest BCUT2D eigenvalue weighted by Crippen LogP contribution is 2.56. The van der Waals surface area contributed by atoms with Crippen molar-refractivity contribution in [3.63, 3.8) is 0 Å². The number of amides is 8. The molecular formula is C109H146N24O17. The summed E-state index contributed by atoms with van der Waals surface area (Å²) in [5, 5.41) is 53.1. The molecule has 0 radical (unpaired) electrons. The smallest absolute Gasteiger partial charge is 0.302 e. The van der Waals surface area contributed by atoms with Crippen LogP contribution in [0.5, 0.6) is 23.0 Å². The molecule has 41 nitrogen and oxygen atoms in total. The van der Waals surface area contributed by atoms with Gasteiger partial charge in [0.25, 0.3) is 23.6 Å². The van der Waals surface area contributed by atoms with Crippen LogP contribution in [0.15, 0.2) is 97.6 Å². The molecule has 804 valence electrons. The van der Waals surface area contributed by atoms with Gasteiger partial charge in [-0.25, -0.2) is 19.9 Å². The molecule has 7 saturated carbocycles. The van der Waals surface area contributed by atoms with Crippen LogP contribution in [0.1, 0.15) is 251 Å². The maximum atomic E-state index is 13.3. The Morgan fingerprint density at radius 1 is 0.433 bits per heavy atom. The Morgan fingerprint density at radius 3 is 1.05 bits per heavy atom. The normalized spacial score (nSPS) is 19.7. The van der Waals surface area contributed by atoms with Gasteiger partial charge in [-0.05, 0) is 224 Å². The summed E-state index contributed by atoms with van der Waals surface area (Å²) in [5.41, 5.74) is 4.56. The first-order valence-electron chi connectivity index (χ1n) is 52.5. The quantitative estimate of drug-likeness (QED) is 0.0153. The number of methoxy groups -OCH3 is 4. The number of aliphatic hydroxyl groups is 3. The number of nitrogens with one attached hydrogen (secondary N) is 8. The number of hydrogen-bond acceptors (Lipinski definition) is 33. The molecule has 0 bridgehead atoms. The Bertz CT molecular complexity index is 6290. The summed E-state index contributed by atoms with van der Waals surface area (Å²) < 4.78 is 27.1. The fourth-order valence-corrected chi connectivity index (χ4v) is 21.7. The third-order valence-corrected chi connectivity index (χ3v) is 30.6. The summed E-state index contributed by atoms with van der Waals surface area (Å²) in [6.07, 6.45) is 30.4. The largest absolute Gasteiger partial charge is 0.495 e. The van der Waals surface area contributed by atoms with Crippen molar-refractivity contribution in [2.45, 2.75) is 257 Å². The van der Waals surface area contributed by atoms with Gasteiger partial charge in [0.15, 0.2) is 23.3 Å². The lowest BCUT2D eigenvalue weighted by atomic mass is 9.91. The first-order chi connectivity index (χ1) is 71.7. The van der Waals surface area contributed by atoms with Crippen molar-refractivity contribution in [2.24, 2.45) is 21.7 Å². The van der Waals surface area contributed by atoms with Crippen LogP contribution in [0, 0.1) is 21.7 Å². The van der Waals surface area contributed by atoms with E-state index >= 15 is 0 Å². The molecule has 41 heteroatoms. The van der Waals surface area contributed by atoms with Gasteiger partial charge in [0.1, 0.15) is 45.7 Å². The standard InChI is InChI=1S/C28H38N6O5.C28H36N6O4.C27H36N6O4.C26H36N6O4/c1-18(35)39-14-8-13-29-25(36)19-11-12-21(23(15-19)38-5)31-27-30-16-22-24(32-27)34(20-9-6-7-10-20)17-28(2,3)26(37)33(22)4;1-33-21-15-29-27(32-24(21)34(18-6-3-4-7-18)16-28(12-13-28)26(33)37)31-20-11-10-17(14-23(20)38-2)25(36)30-19-8-5-9-22(19)35;1-26(2,16-34)31-23(35)17-9-10-19(21(13-17)37-4)29-25-28-14-20-22(30-25)33(18-7-5-6-8-18)15-27(11-12-27)24(36)32(20)3;1-16(33)13-27-23(34)17-10-11-19(21(12-17)36-5)29-25-28-14-20-22(30-25)32(18-8-6-7-9-18)15-26(2,3)24(35)31(20)4/h11-12,15-16,20H,6-10,13-14,17H2,1-5H3,(H,29,36)(H,30,31,32);10-11,14-15,18-19,22,35H,3-9,12-13,16H2,1-2H3,(H,30,36)(H,29,31,32);9-10,13-14,18,34H,5-8,11-12,15-16H2,1-4H3,(H,31,35)(H,28,29,30);10-12,14,16,18,33H,6-9,13,15H2,1-5H3,(H,27,34)(H,28,29,30)/t;19-,22-;;16-/m.1.0/s1. The van der Waals surface area contributed by atoms with Crippen LogP contribution in [0.2, 0.25) is 0 Å². The highest BCUT2D eigenvalue weighted by molar-refractivity contribution is 6.06. The first-order valence-corrected chi connectivity index (χ1v) is 52.5. The van der Waals surface area contributed by atoms with Crippen molar-refractivity contribution >= 4 is 146 Å². The van der Waals surface area contributed by atoms with E-state index in [4.69, 9.17) is 43.6 Å². The molecule has 4 aromatic heterocycles. The minimum Gasteiger partial charge on any atom is -0.495 e. The summed E-state index contributed by atoms with van der Waals surface area (Å²) in [6, 6.07) is 21.5. The lowest BCUT2D eigenvalue weighted by molar-refractivity contribution is -0.141. The highest BCUT2D eigenvalue weighted by Gasteiger charge is 2.58. The number of esters is 1. The minimum atomic E-state index is -0.740. The van der Waals surface area contributed by atoms with E-state index in [1.165, 1.54) is 79.6 Å². The Balaban J connectivity index is 0.000000142. The maximum absolute atomic E-state index is 13.3. The van der Waals surface area contributed by atoms with E-state index in [0.29, 0.717) is 173 Å². The van der Waals surface area contributed by atoms with E-state index in [1.54, 1.807) is 159 Å². The van der Waals surface area contributed by atoms with Gasteiger partial charge in [-0.3, -0.25) is 43.2 Å². The van der Waals surface area contributed by atoms with Crippen molar-refractivity contribution in [1.29, 1.82) is 0 Å². The second-order valence-corrected chi connectivity index (χ2v) is 43.4. The summed E-state index contributed by atoms with van der Waals surface area (Å²) in [6.45, 7) is 17.6. The molecule has 11 N–H and O–H groups in total. The molecule has 19 rings (SSSR count). The van der Waals surface area contributed by atoms with Crippen LogP contribution in [0.25, 0.3) is 0 Å². The number of nitrogens with zero attached hydrogens (tertiary/aromatic N) is 16. The number of hydrogen-bond donors (Lipinski definition) is 11. The minimum absolute atomic E-state index is 0.0375. The molecule has 11 aliphatic rings. The SMILES string of the molecule is COc1cc(C(=O)NC(C)(C)CO)ccc1Nc1ncc2c(n1)N(C1CCCC1)CC1(CC1)C(=O)N2C.COc1cc(C(=O)NCCCOC(C)=O)ccc1Nc1ncc2c(n1)N(C1CCCC1)CC(C)(C)C(=O)N2C.COc1cc(C(=O)NC[C@H](C)O)ccc1Nc1ncc2c(n1)N(C1CCCC1)CC(C)(C)C(=O)N2C.COc1cc(C(=O)N[C@@H]2CCC[C@H]2O)ccc1Nc1ncc2c(n1)N(C1CCCC1)CC1(CC1)C(=O)N2C. The summed E-state index contributed by atoms with van der Waals surface area (Å²) in [5.74, 6) is 5.41. The lowest BCUT2D eigenvalue weighted by Gasteiger charge is -2.34. The van der Waals surface area contributed by atoms with E-state index in [1.807, 2.05) is 41.8 Å². The van der Waals surface area contributed by atoms with Gasteiger partial charge in [0.2, 0.25) is 47.4 Å². The molecule has 150 heavy (non-hydrogen) atoms. The molecule has 7 aliphatic carbocycles. The summed E-state index contributed by atoms with van der Waals surface area (Å²) in [7, 11) is 13.4. The predicted molar refractivity (Wildman–Crippen MR) is 574 cm³/mol. The molecule has 4 aliphatic heterocycles. The highest BCUT2D eigenvalue weighted by atomic mass is 16.5. The van der Waals surface area contributed by atoms with Crippen LogP contribution in [-0.4, -0.2) is 265 Å². The average molecular weight is 2060 g/mol. The molecule has 8 aromatic rings. The van der Waals surface area contributed by atoms with Crippen molar-refractivity contribution in [1.82, 2.24) is 61.1 Å². The molecule has 4 aromatic carbocycles. The van der Waals surface area contributed by atoms with E-state index in [0.717, 1.165) is 125 Å². The Labute approximate surface area is 876 Å². The van der Waals surface area contributed by atoms with Crippen molar-refractivity contribution in [3.05, 3.63) is 120 Å². The number of carbonyl (C=O) groups excluding carboxylic acids is 9. The number of ether oxygens (including phenoxy) is 5. The molecule has 3 atom stereocenters. The average Bonchev–Trinajstić information content (AvgIpc) is 1.29. The summed E-state index contributed by atoms with van der Waals surface area (Å²) in [4.78, 5) is 168. The number of aliphatic hydroxyl groups excluding tert-OH is 3. The number of aromatic nitrogens is 8. The van der Waals surface area contributed by atoms with Gasteiger partial charge in [-0.1, -0.05) is 51.4 Å². The fraction of sp³-hybridized carbons (Fsp3) is 0.550. The third-order valence-electron chi connectivity index (χ3n) is 30.6. The number of anilines is 16. The molecule has 8 heterocycles. The van der Waals surface area contributed by atoms with Crippen LogP contribution >= 0.6 is 0 Å². The zero-order valence-corrected chi connectivity index (χ0v) is 89.1. The topological polar surface area (TPSA) is 486 Å². The predicted octanol–water partition coefficient (Wildman–Crippen LogP) is 13.4. The molecule has 0 unspecified atom stereocenters. The number of benzene rings is 4. The zero-order valence-electron chi connectivity index (χ0n) is 89.1. The lowest BCUT2D eigenvalue weighted by Crippen LogP contribution is -2.46.